The molecule has 138 valence electrons. The second kappa shape index (κ2) is 6.17. The maximum absolute atomic E-state index is 10.5. The first-order valence-corrected chi connectivity index (χ1v) is 8.94. The van der Waals surface area contributed by atoms with Crippen LogP contribution in [-0.4, -0.2) is 71.0 Å². The minimum Gasteiger partial charge on any atom is -0.394 e. The van der Waals surface area contributed by atoms with E-state index in [1.165, 1.54) is 22.7 Å². The molecule has 0 aliphatic carbocycles. The number of anilines is 2. The molecule has 1 unspecified atom stereocenters. The highest BCUT2D eigenvalue weighted by molar-refractivity contribution is 7.98. The summed E-state index contributed by atoms with van der Waals surface area (Å²) < 4.78 is 7.16. The highest BCUT2D eigenvalue weighted by Crippen LogP contribution is 2.39. The van der Waals surface area contributed by atoms with Gasteiger partial charge in [0.1, 0.15) is 41.9 Å². The van der Waals surface area contributed by atoms with E-state index in [4.69, 9.17) is 16.2 Å². The summed E-state index contributed by atoms with van der Waals surface area (Å²) in [5, 5.41) is 31.2. The van der Waals surface area contributed by atoms with Crippen molar-refractivity contribution in [3.8, 4) is 0 Å². The summed E-state index contributed by atoms with van der Waals surface area (Å²) in [6.45, 7) is -0.448. The third-order valence-corrected chi connectivity index (χ3v) is 4.96. The Morgan fingerprint density at radius 1 is 1.12 bits per heavy atom. The van der Waals surface area contributed by atoms with Crippen LogP contribution >= 0.6 is 11.8 Å². The van der Waals surface area contributed by atoms with Gasteiger partial charge in [-0.1, -0.05) is 11.8 Å². The van der Waals surface area contributed by atoms with E-state index in [0.29, 0.717) is 27.2 Å². The lowest BCUT2D eigenvalue weighted by atomic mass is 10.1. The molecule has 0 bridgehead atoms. The predicted molar refractivity (Wildman–Crippen MR) is 94.2 cm³/mol. The average molecular weight is 379 g/mol. The molecule has 4 rings (SSSR count). The van der Waals surface area contributed by atoms with E-state index < -0.39 is 31.1 Å². The molecule has 0 saturated carbocycles. The van der Waals surface area contributed by atoms with Crippen molar-refractivity contribution in [1.82, 2.24) is 24.5 Å². The van der Waals surface area contributed by atoms with Crippen LogP contribution in [0, 0.1) is 0 Å². The van der Waals surface area contributed by atoms with Gasteiger partial charge in [0, 0.05) is 0 Å². The normalized spacial score (nSPS) is 26.2. The van der Waals surface area contributed by atoms with E-state index in [1.807, 2.05) is 0 Å². The molecule has 0 amide bonds. The van der Waals surface area contributed by atoms with Crippen molar-refractivity contribution in [2.75, 3.05) is 24.3 Å². The third-order valence-electron chi connectivity index (χ3n) is 4.41. The highest BCUT2D eigenvalue weighted by Gasteiger charge is 2.45. The number of hydrogen-bond donors (Lipinski definition) is 5. The zero-order valence-electron chi connectivity index (χ0n) is 13.6. The average Bonchev–Trinajstić information content (AvgIpc) is 3.11. The number of aromatic nitrogens is 5. The largest absolute Gasteiger partial charge is 0.394 e. The lowest BCUT2D eigenvalue weighted by molar-refractivity contribution is -0.0492. The molecule has 1 saturated heterocycles. The standard InChI is InChI=1S/C14H17N7O4S/c1-26-14-19-10(16)6-5-9(15)17-3-18-11(5)21(12(6)20-14)13-8(24)7(23)4(2-22)25-13/h3-4,7-8,13,22-24H,2H2,1H3,(H2,15,17,18)(H2,16,19,20)/t4-,7-,8-,13?/m1/s1. The number of aliphatic hydroxyl groups is 3. The van der Waals surface area contributed by atoms with Gasteiger partial charge in [-0.25, -0.2) is 19.9 Å². The molecule has 11 nitrogen and oxygen atoms in total. The first-order valence-electron chi connectivity index (χ1n) is 7.72. The topological polar surface area (TPSA) is 178 Å². The van der Waals surface area contributed by atoms with Crippen molar-refractivity contribution >= 4 is 45.5 Å². The fourth-order valence-corrected chi connectivity index (χ4v) is 3.56. The van der Waals surface area contributed by atoms with Crippen LogP contribution in [0.25, 0.3) is 22.1 Å². The van der Waals surface area contributed by atoms with Crippen LogP contribution in [0.1, 0.15) is 6.23 Å². The van der Waals surface area contributed by atoms with Crippen LogP contribution in [0.15, 0.2) is 11.5 Å². The molecule has 4 atom stereocenters. The van der Waals surface area contributed by atoms with Gasteiger partial charge in [-0.3, -0.25) is 4.57 Å². The SMILES string of the molecule is CSc1nc(N)c2c3c(N)ncnc3n(C3O[C@H](CO)[C@@H](O)[C@H]3O)c2n1. The van der Waals surface area contributed by atoms with Crippen molar-refractivity contribution in [1.29, 1.82) is 0 Å². The van der Waals surface area contributed by atoms with E-state index in [9.17, 15) is 15.3 Å². The maximum Gasteiger partial charge on any atom is 0.191 e. The summed E-state index contributed by atoms with van der Waals surface area (Å²) >= 11 is 1.29. The first-order chi connectivity index (χ1) is 12.5. The summed E-state index contributed by atoms with van der Waals surface area (Å²) in [5.74, 6) is 0.369. The Labute approximate surface area is 151 Å². The first kappa shape index (κ1) is 17.2. The Bertz CT molecular complexity index is 996. The fraction of sp³-hybridized carbons (Fsp3) is 0.429. The van der Waals surface area contributed by atoms with Gasteiger partial charge < -0.3 is 31.5 Å². The van der Waals surface area contributed by atoms with Crippen molar-refractivity contribution < 1.29 is 20.1 Å². The molecule has 3 aromatic rings. The molecule has 1 fully saturated rings. The van der Waals surface area contributed by atoms with Crippen LogP contribution in [0.5, 0.6) is 0 Å². The number of nitrogens with two attached hydrogens (primary N) is 2. The van der Waals surface area contributed by atoms with Crippen molar-refractivity contribution in [2.24, 2.45) is 0 Å². The smallest absolute Gasteiger partial charge is 0.191 e. The number of nitrogens with zero attached hydrogens (tertiary/aromatic N) is 5. The van der Waals surface area contributed by atoms with Gasteiger partial charge in [-0.05, 0) is 6.26 Å². The zero-order chi connectivity index (χ0) is 18.6. The van der Waals surface area contributed by atoms with Crippen molar-refractivity contribution in [2.45, 2.75) is 29.7 Å². The Hall–Kier alpha value is -2.25. The Kier molecular flexibility index (Phi) is 4.08. The molecule has 3 aromatic heterocycles. The van der Waals surface area contributed by atoms with E-state index in [2.05, 4.69) is 19.9 Å². The Morgan fingerprint density at radius 3 is 2.50 bits per heavy atom. The summed E-state index contributed by atoms with van der Waals surface area (Å²) in [6.07, 6.45) is -1.49. The Morgan fingerprint density at radius 2 is 1.85 bits per heavy atom. The van der Waals surface area contributed by atoms with Crippen molar-refractivity contribution in [3.63, 3.8) is 0 Å². The minimum atomic E-state index is -1.31. The lowest BCUT2D eigenvalue weighted by Gasteiger charge is -2.18. The molecule has 1 aliphatic heterocycles. The number of ether oxygens (including phenoxy) is 1. The number of nitrogen functional groups attached to an aromatic ring is 2. The molecule has 0 spiro atoms. The van der Waals surface area contributed by atoms with Crippen LogP contribution in [0.2, 0.25) is 0 Å². The van der Waals surface area contributed by atoms with Gasteiger partial charge in [-0.2, -0.15) is 0 Å². The summed E-state index contributed by atoms with van der Waals surface area (Å²) in [6, 6.07) is 0. The van der Waals surface area contributed by atoms with Crippen molar-refractivity contribution in [3.05, 3.63) is 6.33 Å². The number of aliphatic hydroxyl groups excluding tert-OH is 3. The highest BCUT2D eigenvalue weighted by atomic mass is 32.2. The maximum atomic E-state index is 10.5. The number of hydrogen-bond acceptors (Lipinski definition) is 11. The van der Waals surface area contributed by atoms with E-state index in [1.54, 1.807) is 6.26 Å². The fourth-order valence-electron chi connectivity index (χ4n) is 3.20. The molecule has 26 heavy (non-hydrogen) atoms. The molecular weight excluding hydrogens is 362 g/mol. The lowest BCUT2D eigenvalue weighted by Crippen LogP contribution is -2.33. The van der Waals surface area contributed by atoms with Gasteiger partial charge >= 0.3 is 0 Å². The van der Waals surface area contributed by atoms with Crippen LogP contribution in [-0.2, 0) is 4.74 Å². The molecular formula is C14H17N7O4S. The third kappa shape index (κ3) is 2.30. The number of rotatable bonds is 3. The second-order valence-corrected chi connectivity index (χ2v) is 6.62. The number of fused-ring (bicyclic) bond motifs is 3. The monoisotopic (exact) mass is 379 g/mol. The minimum absolute atomic E-state index is 0.178. The Balaban J connectivity index is 2.07. The van der Waals surface area contributed by atoms with E-state index in [0.717, 1.165) is 0 Å². The summed E-state index contributed by atoms with van der Waals surface area (Å²) in [7, 11) is 0. The predicted octanol–water partition coefficient (Wildman–Crippen LogP) is -1.13. The molecule has 0 aromatic carbocycles. The zero-order valence-corrected chi connectivity index (χ0v) is 14.5. The quantitative estimate of drug-likeness (QED) is 0.275. The molecule has 0 radical (unpaired) electrons. The van der Waals surface area contributed by atoms with Gasteiger partial charge in [0.15, 0.2) is 17.0 Å². The van der Waals surface area contributed by atoms with E-state index in [-0.39, 0.29) is 11.6 Å². The summed E-state index contributed by atoms with van der Waals surface area (Å²) in [4.78, 5) is 16.9. The van der Waals surface area contributed by atoms with Gasteiger partial charge in [0.05, 0.1) is 17.4 Å². The van der Waals surface area contributed by atoms with E-state index >= 15 is 0 Å². The second-order valence-electron chi connectivity index (χ2n) is 5.85. The van der Waals surface area contributed by atoms with Crippen LogP contribution in [0.4, 0.5) is 11.6 Å². The van der Waals surface area contributed by atoms with Crippen LogP contribution < -0.4 is 11.5 Å². The molecule has 1 aliphatic rings. The van der Waals surface area contributed by atoms with Gasteiger partial charge in [0.25, 0.3) is 0 Å². The molecule has 4 heterocycles. The van der Waals surface area contributed by atoms with Gasteiger partial charge in [-0.15, -0.1) is 0 Å². The number of thioether (sulfide) groups is 1. The van der Waals surface area contributed by atoms with Gasteiger partial charge in [0.2, 0.25) is 0 Å². The molecule has 7 N–H and O–H groups in total. The molecule has 12 heteroatoms. The summed E-state index contributed by atoms with van der Waals surface area (Å²) in [5.41, 5.74) is 12.8. The van der Waals surface area contributed by atoms with Crippen LogP contribution in [0.3, 0.4) is 0 Å².